The Bertz CT molecular complexity index is 321. The molecule has 2 aliphatic heterocycles. The lowest BCUT2D eigenvalue weighted by Crippen LogP contribution is -2.46. The molecule has 0 amide bonds. The summed E-state index contributed by atoms with van der Waals surface area (Å²) in [6.45, 7) is 14.8. The average molecular weight is 294 g/mol. The fourth-order valence-corrected chi connectivity index (χ4v) is 3.45. The summed E-state index contributed by atoms with van der Waals surface area (Å²) in [6.07, 6.45) is 5.29. The van der Waals surface area contributed by atoms with Crippen LogP contribution in [-0.4, -0.2) is 61.6 Å². The minimum Gasteiger partial charge on any atom is -0.357 e. The summed E-state index contributed by atoms with van der Waals surface area (Å²) in [5, 5.41) is 3.49. The van der Waals surface area contributed by atoms with Gasteiger partial charge in [0.2, 0.25) is 0 Å². The first-order chi connectivity index (χ1) is 10.2. The Kier molecular flexibility index (Phi) is 6.81. The molecule has 1 atom stereocenters. The minimum atomic E-state index is 0.746. The quantitative estimate of drug-likeness (QED) is 0.638. The maximum atomic E-state index is 4.96. The van der Waals surface area contributed by atoms with Gasteiger partial charge < -0.3 is 15.1 Å². The molecule has 0 radical (unpaired) electrons. The van der Waals surface area contributed by atoms with Crippen molar-refractivity contribution in [1.82, 2.24) is 15.1 Å². The van der Waals surface area contributed by atoms with Crippen LogP contribution in [-0.2, 0) is 0 Å². The monoisotopic (exact) mass is 294 g/mol. The third-order valence-electron chi connectivity index (χ3n) is 4.97. The molecule has 2 saturated heterocycles. The van der Waals surface area contributed by atoms with E-state index in [1.165, 1.54) is 58.4 Å². The van der Waals surface area contributed by atoms with Crippen molar-refractivity contribution in [1.29, 1.82) is 0 Å². The van der Waals surface area contributed by atoms with Crippen molar-refractivity contribution >= 4 is 5.96 Å². The van der Waals surface area contributed by atoms with Crippen molar-refractivity contribution in [2.75, 3.05) is 45.8 Å². The molecule has 1 unspecified atom stereocenters. The highest BCUT2D eigenvalue weighted by Gasteiger charge is 2.21. The van der Waals surface area contributed by atoms with Crippen molar-refractivity contribution in [2.24, 2.45) is 16.8 Å². The number of likely N-dealkylation sites (tertiary alicyclic amines) is 2. The van der Waals surface area contributed by atoms with Crippen LogP contribution in [0.15, 0.2) is 4.99 Å². The van der Waals surface area contributed by atoms with E-state index in [4.69, 9.17) is 4.99 Å². The van der Waals surface area contributed by atoms with E-state index in [0.29, 0.717) is 0 Å². The van der Waals surface area contributed by atoms with E-state index in [2.05, 4.69) is 35.9 Å². The van der Waals surface area contributed by atoms with E-state index in [9.17, 15) is 0 Å². The van der Waals surface area contributed by atoms with E-state index in [1.807, 2.05) is 0 Å². The average Bonchev–Trinajstić information content (AvgIpc) is 2.52. The zero-order valence-electron chi connectivity index (χ0n) is 14.3. The molecule has 21 heavy (non-hydrogen) atoms. The van der Waals surface area contributed by atoms with Crippen molar-refractivity contribution in [3.63, 3.8) is 0 Å². The Morgan fingerprint density at radius 2 is 1.90 bits per heavy atom. The molecule has 122 valence electrons. The summed E-state index contributed by atoms with van der Waals surface area (Å²) in [4.78, 5) is 9.99. The minimum absolute atomic E-state index is 0.746. The Hall–Kier alpha value is -0.770. The van der Waals surface area contributed by atoms with Gasteiger partial charge >= 0.3 is 0 Å². The maximum Gasteiger partial charge on any atom is 0.193 e. The number of aliphatic imine (C=N–C) groups is 1. The first kappa shape index (κ1) is 16.6. The normalized spacial score (nSPS) is 26.1. The second kappa shape index (κ2) is 8.62. The zero-order chi connectivity index (χ0) is 15.1. The van der Waals surface area contributed by atoms with E-state index in [-0.39, 0.29) is 0 Å². The predicted molar refractivity (Wildman–Crippen MR) is 90.8 cm³/mol. The smallest absolute Gasteiger partial charge is 0.193 e. The summed E-state index contributed by atoms with van der Waals surface area (Å²) in [5.41, 5.74) is 0. The molecule has 2 heterocycles. The summed E-state index contributed by atoms with van der Waals surface area (Å²) >= 11 is 0. The van der Waals surface area contributed by atoms with Gasteiger partial charge in [-0.05, 0) is 57.5 Å². The van der Waals surface area contributed by atoms with Gasteiger partial charge in [-0.15, -0.1) is 0 Å². The molecule has 0 spiro atoms. The van der Waals surface area contributed by atoms with Gasteiger partial charge in [0.05, 0.1) is 0 Å². The molecule has 4 nitrogen and oxygen atoms in total. The molecule has 0 aromatic carbocycles. The van der Waals surface area contributed by atoms with Gasteiger partial charge in [0.25, 0.3) is 0 Å². The molecule has 0 saturated carbocycles. The number of hydrogen-bond donors (Lipinski definition) is 1. The summed E-state index contributed by atoms with van der Waals surface area (Å²) in [7, 11) is 0. The van der Waals surface area contributed by atoms with E-state index < -0.39 is 0 Å². The Morgan fingerprint density at radius 1 is 1.14 bits per heavy atom. The van der Waals surface area contributed by atoms with Gasteiger partial charge in [0, 0.05) is 32.7 Å². The molecule has 4 heteroatoms. The lowest BCUT2D eigenvalue weighted by Gasteiger charge is -2.34. The molecule has 2 rings (SSSR count). The molecule has 0 aromatic rings. The molecule has 0 aromatic heterocycles. The maximum absolute atomic E-state index is 4.96. The van der Waals surface area contributed by atoms with Gasteiger partial charge in [-0.2, -0.15) is 0 Å². The first-order valence-electron chi connectivity index (χ1n) is 8.98. The van der Waals surface area contributed by atoms with Gasteiger partial charge in [-0.3, -0.25) is 4.99 Å². The van der Waals surface area contributed by atoms with Crippen LogP contribution in [0.25, 0.3) is 0 Å². The third-order valence-corrected chi connectivity index (χ3v) is 4.97. The number of nitrogens with one attached hydrogen (secondary N) is 1. The fourth-order valence-electron chi connectivity index (χ4n) is 3.45. The van der Waals surface area contributed by atoms with Gasteiger partial charge in [-0.1, -0.05) is 13.8 Å². The van der Waals surface area contributed by atoms with Crippen LogP contribution < -0.4 is 5.32 Å². The van der Waals surface area contributed by atoms with Crippen molar-refractivity contribution in [2.45, 2.75) is 46.5 Å². The van der Waals surface area contributed by atoms with Crippen LogP contribution in [0.5, 0.6) is 0 Å². The lowest BCUT2D eigenvalue weighted by atomic mass is 9.98. The number of piperidine rings is 2. The molecule has 2 aliphatic rings. The highest BCUT2D eigenvalue weighted by atomic mass is 15.3. The van der Waals surface area contributed by atoms with E-state index in [0.717, 1.165) is 30.9 Å². The largest absolute Gasteiger partial charge is 0.357 e. The number of hydrogen-bond acceptors (Lipinski definition) is 2. The SMILES string of the molecule is CCNC(=NCC1CCCN(CC)C1)N1CCC(C)CC1. The molecular formula is C17H34N4. The summed E-state index contributed by atoms with van der Waals surface area (Å²) < 4.78 is 0. The van der Waals surface area contributed by atoms with Crippen molar-refractivity contribution in [3.05, 3.63) is 0 Å². The van der Waals surface area contributed by atoms with Crippen LogP contribution in [0.1, 0.15) is 46.5 Å². The van der Waals surface area contributed by atoms with Crippen molar-refractivity contribution < 1.29 is 0 Å². The van der Waals surface area contributed by atoms with Gasteiger partial charge in [-0.25, -0.2) is 0 Å². The molecule has 2 fully saturated rings. The second-order valence-corrected chi connectivity index (χ2v) is 6.77. The van der Waals surface area contributed by atoms with Gasteiger partial charge in [0.15, 0.2) is 5.96 Å². The highest BCUT2D eigenvalue weighted by Crippen LogP contribution is 2.18. The standard InChI is InChI=1S/C17H34N4/c1-4-18-17(21-11-8-15(3)9-12-21)19-13-16-7-6-10-20(5-2)14-16/h15-16H,4-14H2,1-3H3,(H,18,19). The Balaban J connectivity index is 1.87. The van der Waals surface area contributed by atoms with Crippen LogP contribution >= 0.6 is 0 Å². The molecule has 0 bridgehead atoms. The third kappa shape index (κ3) is 5.17. The molecule has 0 aliphatic carbocycles. The molecular weight excluding hydrogens is 260 g/mol. The Labute approximate surface area is 131 Å². The summed E-state index contributed by atoms with van der Waals surface area (Å²) in [5.74, 6) is 2.77. The predicted octanol–water partition coefficient (Wildman–Crippen LogP) is 2.42. The highest BCUT2D eigenvalue weighted by molar-refractivity contribution is 5.80. The first-order valence-corrected chi connectivity index (χ1v) is 8.98. The number of rotatable bonds is 4. The Morgan fingerprint density at radius 3 is 2.57 bits per heavy atom. The zero-order valence-corrected chi connectivity index (χ0v) is 14.3. The van der Waals surface area contributed by atoms with E-state index in [1.54, 1.807) is 0 Å². The second-order valence-electron chi connectivity index (χ2n) is 6.77. The van der Waals surface area contributed by atoms with Crippen LogP contribution in [0.4, 0.5) is 0 Å². The fraction of sp³-hybridized carbons (Fsp3) is 0.941. The van der Waals surface area contributed by atoms with Crippen LogP contribution in [0.3, 0.4) is 0 Å². The number of nitrogens with zero attached hydrogens (tertiary/aromatic N) is 3. The van der Waals surface area contributed by atoms with Crippen LogP contribution in [0, 0.1) is 11.8 Å². The molecule has 1 N–H and O–H groups in total. The van der Waals surface area contributed by atoms with Crippen molar-refractivity contribution in [3.8, 4) is 0 Å². The van der Waals surface area contributed by atoms with Gasteiger partial charge in [0.1, 0.15) is 0 Å². The topological polar surface area (TPSA) is 30.9 Å². The van der Waals surface area contributed by atoms with Crippen LogP contribution in [0.2, 0.25) is 0 Å². The number of guanidine groups is 1. The summed E-state index contributed by atoms with van der Waals surface area (Å²) in [6, 6.07) is 0. The van der Waals surface area contributed by atoms with E-state index >= 15 is 0 Å². The lowest BCUT2D eigenvalue weighted by molar-refractivity contribution is 0.186.